The number of nitrogens with one attached hydrogen (secondary N) is 1. The van der Waals surface area contributed by atoms with Crippen molar-refractivity contribution in [2.24, 2.45) is 5.41 Å². The SMILES string of the molecule is CC1(C)CCC(NC2CCCSCC2)C1. The molecule has 1 saturated carbocycles. The van der Waals surface area contributed by atoms with E-state index in [1.54, 1.807) is 0 Å². The van der Waals surface area contributed by atoms with Crippen LogP contribution in [0.2, 0.25) is 0 Å². The summed E-state index contributed by atoms with van der Waals surface area (Å²) in [6, 6.07) is 1.63. The Kier molecular flexibility index (Phi) is 4.00. The molecule has 0 aromatic heterocycles. The van der Waals surface area contributed by atoms with Crippen LogP contribution in [0.15, 0.2) is 0 Å². The van der Waals surface area contributed by atoms with Gasteiger partial charge in [-0.2, -0.15) is 11.8 Å². The summed E-state index contributed by atoms with van der Waals surface area (Å²) in [5, 5.41) is 3.90. The highest BCUT2D eigenvalue weighted by atomic mass is 32.2. The molecular weight excluding hydrogens is 202 g/mol. The van der Waals surface area contributed by atoms with Crippen molar-refractivity contribution in [1.29, 1.82) is 0 Å². The Morgan fingerprint density at radius 2 is 1.93 bits per heavy atom. The lowest BCUT2D eigenvalue weighted by Gasteiger charge is -2.23. The minimum Gasteiger partial charge on any atom is -0.311 e. The molecule has 1 N–H and O–H groups in total. The predicted molar refractivity (Wildman–Crippen MR) is 69.5 cm³/mol. The van der Waals surface area contributed by atoms with E-state index in [0.29, 0.717) is 5.41 Å². The van der Waals surface area contributed by atoms with E-state index in [0.717, 1.165) is 12.1 Å². The maximum atomic E-state index is 3.90. The summed E-state index contributed by atoms with van der Waals surface area (Å²) in [5.74, 6) is 2.75. The van der Waals surface area contributed by atoms with E-state index in [-0.39, 0.29) is 0 Å². The van der Waals surface area contributed by atoms with Gasteiger partial charge in [-0.25, -0.2) is 0 Å². The van der Waals surface area contributed by atoms with Gasteiger partial charge in [0.1, 0.15) is 0 Å². The second-order valence-electron chi connectivity index (χ2n) is 6.01. The molecule has 1 aliphatic heterocycles. The molecule has 2 rings (SSSR count). The maximum Gasteiger partial charge on any atom is 0.00778 e. The summed E-state index contributed by atoms with van der Waals surface area (Å²) >= 11 is 2.14. The molecule has 2 aliphatic rings. The molecule has 0 amide bonds. The molecule has 0 aromatic carbocycles. The molecule has 1 saturated heterocycles. The van der Waals surface area contributed by atoms with Crippen molar-refractivity contribution >= 4 is 11.8 Å². The van der Waals surface area contributed by atoms with E-state index in [9.17, 15) is 0 Å². The van der Waals surface area contributed by atoms with Gasteiger partial charge in [-0.1, -0.05) is 13.8 Å². The Balaban J connectivity index is 1.76. The minimum atomic E-state index is 0.594. The Bertz CT molecular complexity index is 192. The lowest BCUT2D eigenvalue weighted by molar-refractivity contribution is 0.344. The van der Waals surface area contributed by atoms with Crippen molar-refractivity contribution in [3.05, 3.63) is 0 Å². The lowest BCUT2D eigenvalue weighted by atomic mass is 9.91. The van der Waals surface area contributed by atoms with Crippen molar-refractivity contribution < 1.29 is 0 Å². The fourth-order valence-electron chi connectivity index (χ4n) is 2.98. The molecule has 1 aliphatic carbocycles. The third kappa shape index (κ3) is 3.67. The van der Waals surface area contributed by atoms with Crippen LogP contribution in [0.25, 0.3) is 0 Å². The summed E-state index contributed by atoms with van der Waals surface area (Å²) < 4.78 is 0. The first-order valence-corrected chi connectivity index (χ1v) is 7.65. The summed E-state index contributed by atoms with van der Waals surface area (Å²) in [6.45, 7) is 4.83. The second kappa shape index (κ2) is 5.09. The molecule has 0 spiro atoms. The second-order valence-corrected chi connectivity index (χ2v) is 7.24. The zero-order valence-electron chi connectivity index (χ0n) is 10.2. The lowest BCUT2D eigenvalue weighted by Crippen LogP contribution is -2.37. The average Bonchev–Trinajstić information content (AvgIpc) is 2.41. The first kappa shape index (κ1) is 11.8. The first-order valence-electron chi connectivity index (χ1n) is 6.49. The predicted octanol–water partition coefficient (Wildman–Crippen LogP) is 3.44. The van der Waals surface area contributed by atoms with E-state index < -0.39 is 0 Å². The average molecular weight is 227 g/mol. The van der Waals surface area contributed by atoms with Crippen LogP contribution >= 0.6 is 11.8 Å². The van der Waals surface area contributed by atoms with Crippen molar-refractivity contribution in [1.82, 2.24) is 5.32 Å². The molecular formula is C13H25NS. The van der Waals surface area contributed by atoms with Gasteiger partial charge in [-0.15, -0.1) is 0 Å². The van der Waals surface area contributed by atoms with Crippen LogP contribution < -0.4 is 5.32 Å². The fourth-order valence-corrected chi connectivity index (χ4v) is 4.01. The number of thioether (sulfide) groups is 1. The van der Waals surface area contributed by atoms with Gasteiger partial charge in [-0.3, -0.25) is 0 Å². The Labute approximate surface area is 98.8 Å². The largest absolute Gasteiger partial charge is 0.311 e. The molecule has 0 bridgehead atoms. The Hall–Kier alpha value is 0.310. The van der Waals surface area contributed by atoms with Crippen LogP contribution in [0.3, 0.4) is 0 Å². The third-order valence-electron chi connectivity index (χ3n) is 3.89. The number of hydrogen-bond acceptors (Lipinski definition) is 2. The molecule has 88 valence electrons. The van der Waals surface area contributed by atoms with Gasteiger partial charge in [-0.05, 0) is 55.4 Å². The Morgan fingerprint density at radius 1 is 1.07 bits per heavy atom. The molecule has 0 aromatic rings. The molecule has 2 fully saturated rings. The van der Waals surface area contributed by atoms with E-state index in [1.807, 2.05) is 0 Å². The molecule has 2 heteroatoms. The highest BCUT2D eigenvalue weighted by molar-refractivity contribution is 7.99. The zero-order chi connectivity index (χ0) is 10.7. The van der Waals surface area contributed by atoms with Gasteiger partial charge in [0.05, 0.1) is 0 Å². The molecule has 0 radical (unpaired) electrons. The van der Waals surface area contributed by atoms with E-state index in [4.69, 9.17) is 0 Å². The molecule has 1 heterocycles. The molecule has 15 heavy (non-hydrogen) atoms. The Morgan fingerprint density at radius 3 is 2.67 bits per heavy atom. The van der Waals surface area contributed by atoms with Gasteiger partial charge < -0.3 is 5.32 Å². The van der Waals surface area contributed by atoms with Crippen LogP contribution in [0.5, 0.6) is 0 Å². The van der Waals surface area contributed by atoms with Gasteiger partial charge in [0.2, 0.25) is 0 Å². The van der Waals surface area contributed by atoms with Gasteiger partial charge in [0, 0.05) is 12.1 Å². The van der Waals surface area contributed by atoms with Gasteiger partial charge in [0.25, 0.3) is 0 Å². The minimum absolute atomic E-state index is 0.594. The van der Waals surface area contributed by atoms with E-state index in [1.165, 1.54) is 50.0 Å². The summed E-state index contributed by atoms with van der Waals surface area (Å²) in [5.41, 5.74) is 0.594. The number of hydrogen-bond donors (Lipinski definition) is 1. The zero-order valence-corrected chi connectivity index (χ0v) is 11.0. The van der Waals surface area contributed by atoms with E-state index in [2.05, 4.69) is 30.9 Å². The normalized spacial score (nSPS) is 36.4. The topological polar surface area (TPSA) is 12.0 Å². The third-order valence-corrected chi connectivity index (χ3v) is 4.99. The van der Waals surface area contributed by atoms with Gasteiger partial charge >= 0.3 is 0 Å². The van der Waals surface area contributed by atoms with Crippen LogP contribution in [0, 0.1) is 5.41 Å². The molecule has 2 unspecified atom stereocenters. The van der Waals surface area contributed by atoms with Crippen LogP contribution in [0.1, 0.15) is 52.4 Å². The van der Waals surface area contributed by atoms with Crippen molar-refractivity contribution in [3.8, 4) is 0 Å². The van der Waals surface area contributed by atoms with Crippen molar-refractivity contribution in [2.45, 2.75) is 64.5 Å². The molecule has 1 nitrogen and oxygen atoms in total. The van der Waals surface area contributed by atoms with Crippen LogP contribution in [-0.2, 0) is 0 Å². The summed E-state index contributed by atoms with van der Waals surface area (Å²) in [7, 11) is 0. The standard InChI is InChI=1S/C13H25NS/c1-13(2)7-5-12(10-13)14-11-4-3-8-15-9-6-11/h11-12,14H,3-10H2,1-2H3. The first-order chi connectivity index (χ1) is 7.16. The maximum absolute atomic E-state index is 3.90. The monoisotopic (exact) mass is 227 g/mol. The quantitative estimate of drug-likeness (QED) is 0.775. The summed E-state index contributed by atoms with van der Waals surface area (Å²) in [4.78, 5) is 0. The van der Waals surface area contributed by atoms with Gasteiger partial charge in [0.15, 0.2) is 0 Å². The van der Waals surface area contributed by atoms with E-state index >= 15 is 0 Å². The van der Waals surface area contributed by atoms with Crippen LogP contribution in [-0.4, -0.2) is 23.6 Å². The fraction of sp³-hybridized carbons (Fsp3) is 1.00. The summed E-state index contributed by atoms with van der Waals surface area (Å²) in [6.07, 6.45) is 8.41. The number of rotatable bonds is 2. The van der Waals surface area contributed by atoms with Crippen molar-refractivity contribution in [2.75, 3.05) is 11.5 Å². The molecule has 2 atom stereocenters. The highest BCUT2D eigenvalue weighted by Gasteiger charge is 2.31. The smallest absolute Gasteiger partial charge is 0.00778 e. The highest BCUT2D eigenvalue weighted by Crippen LogP contribution is 2.37. The van der Waals surface area contributed by atoms with Crippen LogP contribution in [0.4, 0.5) is 0 Å². The van der Waals surface area contributed by atoms with Crippen molar-refractivity contribution in [3.63, 3.8) is 0 Å².